The Morgan fingerprint density at radius 1 is 0.971 bits per heavy atom. The minimum absolute atomic E-state index is 0.105. The summed E-state index contributed by atoms with van der Waals surface area (Å²) in [6.45, 7) is 3.78. The number of anilines is 1. The highest BCUT2D eigenvalue weighted by Crippen LogP contribution is 2.23. The summed E-state index contributed by atoms with van der Waals surface area (Å²) in [5, 5.41) is 4.03. The minimum atomic E-state index is -0.383. The van der Waals surface area contributed by atoms with Crippen LogP contribution in [0.1, 0.15) is 5.56 Å². The second-order valence-electron chi connectivity index (χ2n) is 8.41. The standard InChI is InChI=1S/C26H24FN5O3/c1-18-7-2-3-8-19(18)24-28-25(35-29-24)20-9-6-12-32(26(20)34)17-23(33)31-15-13-30(14-16-31)22-11-5-4-10-21(22)27/h2-12H,13-17H2,1H3. The van der Waals surface area contributed by atoms with Gasteiger partial charge in [-0.2, -0.15) is 4.98 Å². The second kappa shape index (κ2) is 9.54. The van der Waals surface area contributed by atoms with Crippen molar-refractivity contribution in [3.8, 4) is 22.8 Å². The van der Waals surface area contributed by atoms with Crippen LogP contribution in [-0.4, -0.2) is 51.7 Å². The Hall–Kier alpha value is -4.27. The highest BCUT2D eigenvalue weighted by Gasteiger charge is 2.24. The van der Waals surface area contributed by atoms with Crippen molar-refractivity contribution in [2.75, 3.05) is 31.1 Å². The van der Waals surface area contributed by atoms with Crippen LogP contribution in [0.15, 0.2) is 76.2 Å². The molecule has 178 valence electrons. The fourth-order valence-electron chi connectivity index (χ4n) is 4.24. The van der Waals surface area contributed by atoms with Crippen molar-refractivity contribution in [3.05, 3.63) is 88.6 Å². The molecule has 35 heavy (non-hydrogen) atoms. The Bertz CT molecular complexity index is 1420. The molecule has 0 bridgehead atoms. The zero-order valence-corrected chi connectivity index (χ0v) is 19.2. The molecule has 0 atom stereocenters. The van der Waals surface area contributed by atoms with Crippen LogP contribution in [0.5, 0.6) is 0 Å². The molecule has 1 aliphatic heterocycles. The third-order valence-electron chi connectivity index (χ3n) is 6.19. The average Bonchev–Trinajstić information content (AvgIpc) is 3.36. The first kappa shape index (κ1) is 22.5. The number of piperazine rings is 1. The number of hydrogen-bond acceptors (Lipinski definition) is 6. The molecular weight excluding hydrogens is 449 g/mol. The predicted octanol–water partition coefficient (Wildman–Crippen LogP) is 3.36. The number of halogens is 1. The van der Waals surface area contributed by atoms with E-state index in [1.54, 1.807) is 41.4 Å². The molecule has 4 aromatic rings. The molecule has 2 aromatic heterocycles. The number of pyridine rings is 1. The topological polar surface area (TPSA) is 84.5 Å². The lowest BCUT2D eigenvalue weighted by atomic mass is 10.1. The summed E-state index contributed by atoms with van der Waals surface area (Å²) in [5.74, 6) is 0.0519. The highest BCUT2D eigenvalue weighted by atomic mass is 19.1. The van der Waals surface area contributed by atoms with Gasteiger partial charge in [-0.3, -0.25) is 9.59 Å². The fraction of sp³-hybridized carbons (Fsp3) is 0.231. The summed E-state index contributed by atoms with van der Waals surface area (Å²) in [5.41, 5.74) is 2.20. The number of benzene rings is 2. The van der Waals surface area contributed by atoms with Crippen molar-refractivity contribution in [3.63, 3.8) is 0 Å². The van der Waals surface area contributed by atoms with Crippen LogP contribution in [0.25, 0.3) is 22.8 Å². The van der Waals surface area contributed by atoms with Gasteiger partial charge in [-0.25, -0.2) is 4.39 Å². The van der Waals surface area contributed by atoms with Crippen molar-refractivity contribution in [2.24, 2.45) is 0 Å². The van der Waals surface area contributed by atoms with Gasteiger partial charge in [0.15, 0.2) is 0 Å². The van der Waals surface area contributed by atoms with Crippen molar-refractivity contribution in [1.29, 1.82) is 0 Å². The van der Waals surface area contributed by atoms with Gasteiger partial charge >= 0.3 is 0 Å². The van der Waals surface area contributed by atoms with Crippen LogP contribution >= 0.6 is 0 Å². The lowest BCUT2D eigenvalue weighted by molar-refractivity contribution is -0.132. The molecule has 8 nitrogen and oxygen atoms in total. The van der Waals surface area contributed by atoms with Crippen LogP contribution in [0.2, 0.25) is 0 Å². The average molecular weight is 474 g/mol. The van der Waals surface area contributed by atoms with Gasteiger partial charge in [-0.05, 0) is 36.8 Å². The molecule has 5 rings (SSSR count). The smallest absolute Gasteiger partial charge is 0.263 e. The molecule has 1 aliphatic rings. The van der Waals surface area contributed by atoms with Gasteiger partial charge in [0.2, 0.25) is 11.7 Å². The fourth-order valence-corrected chi connectivity index (χ4v) is 4.24. The van der Waals surface area contributed by atoms with Crippen LogP contribution in [0, 0.1) is 12.7 Å². The number of aryl methyl sites for hydroxylation is 1. The first-order valence-corrected chi connectivity index (χ1v) is 11.4. The minimum Gasteiger partial charge on any atom is -0.366 e. The van der Waals surface area contributed by atoms with E-state index in [1.165, 1.54) is 10.6 Å². The summed E-state index contributed by atoms with van der Waals surface area (Å²) >= 11 is 0. The molecular formula is C26H24FN5O3. The van der Waals surface area contributed by atoms with Gasteiger partial charge in [0.25, 0.3) is 11.4 Å². The van der Waals surface area contributed by atoms with E-state index in [0.717, 1.165) is 11.1 Å². The summed E-state index contributed by atoms with van der Waals surface area (Å²) in [6.07, 6.45) is 1.57. The molecule has 1 amide bonds. The quantitative estimate of drug-likeness (QED) is 0.442. The molecule has 1 saturated heterocycles. The molecule has 0 spiro atoms. The van der Waals surface area contributed by atoms with Crippen molar-refractivity contribution >= 4 is 11.6 Å². The molecule has 3 heterocycles. The zero-order chi connectivity index (χ0) is 24.4. The Morgan fingerprint density at radius 2 is 1.69 bits per heavy atom. The van der Waals surface area contributed by atoms with Gasteiger partial charge < -0.3 is 18.9 Å². The van der Waals surface area contributed by atoms with E-state index in [2.05, 4.69) is 10.1 Å². The number of rotatable bonds is 5. The molecule has 0 radical (unpaired) electrons. The van der Waals surface area contributed by atoms with Crippen LogP contribution in [0.3, 0.4) is 0 Å². The monoisotopic (exact) mass is 473 g/mol. The Balaban J connectivity index is 1.29. The molecule has 0 saturated carbocycles. The van der Waals surface area contributed by atoms with E-state index >= 15 is 0 Å². The maximum Gasteiger partial charge on any atom is 0.263 e. The largest absolute Gasteiger partial charge is 0.366 e. The highest BCUT2D eigenvalue weighted by molar-refractivity contribution is 5.76. The third-order valence-corrected chi connectivity index (χ3v) is 6.19. The summed E-state index contributed by atoms with van der Waals surface area (Å²) in [6, 6.07) is 17.5. The van der Waals surface area contributed by atoms with Crippen molar-refractivity contribution in [2.45, 2.75) is 13.5 Å². The summed E-state index contributed by atoms with van der Waals surface area (Å²) in [4.78, 5) is 34.0. The first-order valence-electron chi connectivity index (χ1n) is 11.4. The number of aromatic nitrogens is 3. The lowest BCUT2D eigenvalue weighted by Crippen LogP contribution is -2.50. The summed E-state index contributed by atoms with van der Waals surface area (Å²) in [7, 11) is 0. The van der Waals surface area contributed by atoms with E-state index in [0.29, 0.717) is 37.7 Å². The molecule has 0 unspecified atom stereocenters. The van der Waals surface area contributed by atoms with Gasteiger partial charge in [-0.15, -0.1) is 0 Å². The Morgan fingerprint density at radius 3 is 2.46 bits per heavy atom. The second-order valence-corrected chi connectivity index (χ2v) is 8.41. The summed E-state index contributed by atoms with van der Waals surface area (Å²) < 4.78 is 20.8. The predicted molar refractivity (Wildman–Crippen MR) is 129 cm³/mol. The van der Waals surface area contributed by atoms with Gasteiger partial charge in [0.05, 0.1) is 5.69 Å². The van der Waals surface area contributed by atoms with Gasteiger partial charge in [0, 0.05) is 37.9 Å². The van der Waals surface area contributed by atoms with E-state index < -0.39 is 0 Å². The number of amides is 1. The van der Waals surface area contributed by atoms with Crippen molar-refractivity contribution < 1.29 is 13.7 Å². The van der Waals surface area contributed by atoms with Crippen molar-refractivity contribution in [1.82, 2.24) is 19.6 Å². The van der Waals surface area contributed by atoms with E-state index in [9.17, 15) is 14.0 Å². The Kier molecular flexibility index (Phi) is 6.13. The van der Waals surface area contributed by atoms with Gasteiger partial charge in [-0.1, -0.05) is 41.6 Å². The molecule has 2 aromatic carbocycles. The zero-order valence-electron chi connectivity index (χ0n) is 19.2. The molecule has 0 aliphatic carbocycles. The Labute approximate surface area is 201 Å². The lowest BCUT2D eigenvalue weighted by Gasteiger charge is -2.36. The number of para-hydroxylation sites is 1. The van der Waals surface area contributed by atoms with E-state index in [1.807, 2.05) is 36.1 Å². The number of hydrogen-bond donors (Lipinski definition) is 0. The van der Waals surface area contributed by atoms with E-state index in [4.69, 9.17) is 4.52 Å². The third kappa shape index (κ3) is 4.57. The molecule has 1 fully saturated rings. The van der Waals surface area contributed by atoms with Crippen LogP contribution in [-0.2, 0) is 11.3 Å². The molecule has 9 heteroatoms. The number of nitrogens with zero attached hydrogens (tertiary/aromatic N) is 5. The van der Waals surface area contributed by atoms with Crippen LogP contribution < -0.4 is 10.5 Å². The maximum atomic E-state index is 14.1. The number of carbonyl (C=O) groups excluding carboxylic acids is 1. The van der Waals surface area contributed by atoms with E-state index in [-0.39, 0.29) is 35.3 Å². The molecule has 0 N–H and O–H groups in total. The SMILES string of the molecule is Cc1ccccc1-c1noc(-c2cccn(CC(=O)N3CCN(c4ccccc4F)CC3)c2=O)n1. The maximum absolute atomic E-state index is 14.1. The normalized spacial score (nSPS) is 13.8. The first-order chi connectivity index (χ1) is 17.0. The van der Waals surface area contributed by atoms with Crippen LogP contribution in [0.4, 0.5) is 10.1 Å². The number of carbonyl (C=O) groups is 1. The van der Waals surface area contributed by atoms with Gasteiger partial charge in [0.1, 0.15) is 17.9 Å².